The third kappa shape index (κ3) is 3.34. The van der Waals surface area contributed by atoms with E-state index in [0.29, 0.717) is 6.61 Å². The van der Waals surface area contributed by atoms with Crippen molar-refractivity contribution in [2.45, 2.75) is 20.0 Å². The van der Waals surface area contributed by atoms with E-state index in [4.69, 9.17) is 9.47 Å². The average molecular weight is 282 g/mol. The molecule has 2 aromatic rings. The Balaban J connectivity index is 1.55. The molecule has 0 unspecified atom stereocenters. The summed E-state index contributed by atoms with van der Waals surface area (Å²) in [7, 11) is 0. The maximum Gasteiger partial charge on any atom is 0.0717 e. The third-order valence-electron chi connectivity index (χ3n) is 4.30. The van der Waals surface area contributed by atoms with Crippen LogP contribution in [0.4, 0.5) is 0 Å². The van der Waals surface area contributed by atoms with Crippen molar-refractivity contribution in [2.75, 3.05) is 19.8 Å². The molecule has 1 heterocycles. The predicted octanol–water partition coefficient (Wildman–Crippen LogP) is 4.30. The summed E-state index contributed by atoms with van der Waals surface area (Å²) in [5.74, 6) is 0. The van der Waals surface area contributed by atoms with Gasteiger partial charge in [-0.2, -0.15) is 0 Å². The summed E-state index contributed by atoms with van der Waals surface area (Å²) in [5, 5.41) is 0. The topological polar surface area (TPSA) is 18.5 Å². The van der Waals surface area contributed by atoms with Crippen molar-refractivity contribution < 1.29 is 9.47 Å². The Hall–Kier alpha value is -1.64. The van der Waals surface area contributed by atoms with Gasteiger partial charge in [0.2, 0.25) is 0 Å². The van der Waals surface area contributed by atoms with E-state index < -0.39 is 0 Å². The monoisotopic (exact) mass is 282 g/mol. The first-order valence-electron chi connectivity index (χ1n) is 7.61. The standard InChI is InChI=1S/C19H22O2/c1-2-19(14-21-15-19)13-20-12-16-8-10-18(11-9-16)17-6-4-3-5-7-17/h3-11H,2,12-15H2,1H3. The highest BCUT2D eigenvalue weighted by molar-refractivity contribution is 5.63. The number of hydrogen-bond donors (Lipinski definition) is 0. The van der Waals surface area contributed by atoms with Gasteiger partial charge in [-0.25, -0.2) is 0 Å². The Labute approximate surface area is 126 Å². The minimum Gasteiger partial charge on any atom is -0.380 e. The van der Waals surface area contributed by atoms with Crippen LogP contribution in [-0.4, -0.2) is 19.8 Å². The van der Waals surface area contributed by atoms with Crippen LogP contribution >= 0.6 is 0 Å². The molecule has 1 aliphatic heterocycles. The molecule has 0 aliphatic carbocycles. The second-order valence-corrected chi connectivity index (χ2v) is 5.90. The van der Waals surface area contributed by atoms with Crippen LogP contribution in [0.15, 0.2) is 54.6 Å². The molecule has 2 nitrogen and oxygen atoms in total. The van der Waals surface area contributed by atoms with Gasteiger partial charge in [-0.3, -0.25) is 0 Å². The highest BCUT2D eigenvalue weighted by atomic mass is 16.5. The van der Waals surface area contributed by atoms with Gasteiger partial charge in [-0.15, -0.1) is 0 Å². The fourth-order valence-electron chi connectivity index (χ4n) is 2.59. The number of rotatable bonds is 6. The summed E-state index contributed by atoms with van der Waals surface area (Å²) >= 11 is 0. The third-order valence-corrected chi connectivity index (χ3v) is 4.30. The average Bonchev–Trinajstić information content (AvgIpc) is 2.51. The minimum atomic E-state index is 0.268. The van der Waals surface area contributed by atoms with Gasteiger partial charge in [-0.1, -0.05) is 61.5 Å². The molecule has 0 aromatic heterocycles. The summed E-state index contributed by atoms with van der Waals surface area (Å²) in [6.07, 6.45) is 1.12. The van der Waals surface area contributed by atoms with Crippen LogP contribution in [0.2, 0.25) is 0 Å². The summed E-state index contributed by atoms with van der Waals surface area (Å²) in [4.78, 5) is 0. The molecule has 110 valence electrons. The van der Waals surface area contributed by atoms with Gasteiger partial charge >= 0.3 is 0 Å². The quantitative estimate of drug-likeness (QED) is 0.786. The fourth-order valence-corrected chi connectivity index (χ4v) is 2.59. The van der Waals surface area contributed by atoms with Crippen molar-refractivity contribution in [1.29, 1.82) is 0 Å². The molecule has 0 amide bonds. The van der Waals surface area contributed by atoms with Crippen molar-refractivity contribution in [2.24, 2.45) is 5.41 Å². The molecular weight excluding hydrogens is 260 g/mol. The zero-order valence-corrected chi connectivity index (χ0v) is 12.5. The fraction of sp³-hybridized carbons (Fsp3) is 0.368. The van der Waals surface area contributed by atoms with Crippen LogP contribution in [0.1, 0.15) is 18.9 Å². The number of hydrogen-bond acceptors (Lipinski definition) is 2. The van der Waals surface area contributed by atoms with Crippen LogP contribution < -0.4 is 0 Å². The molecule has 3 rings (SSSR count). The van der Waals surface area contributed by atoms with E-state index in [1.165, 1.54) is 16.7 Å². The molecule has 1 fully saturated rings. The highest BCUT2D eigenvalue weighted by Crippen LogP contribution is 2.31. The smallest absolute Gasteiger partial charge is 0.0717 e. The van der Waals surface area contributed by atoms with E-state index in [1.54, 1.807) is 0 Å². The van der Waals surface area contributed by atoms with Gasteiger partial charge in [0.05, 0.1) is 26.4 Å². The van der Waals surface area contributed by atoms with Crippen LogP contribution in [-0.2, 0) is 16.1 Å². The Kier molecular flexibility index (Phi) is 4.37. The molecule has 0 spiro atoms. The minimum absolute atomic E-state index is 0.268. The lowest BCUT2D eigenvalue weighted by Gasteiger charge is -2.40. The molecule has 2 heteroatoms. The lowest BCUT2D eigenvalue weighted by Crippen LogP contribution is -2.45. The molecular formula is C19H22O2. The molecule has 1 aliphatic rings. The van der Waals surface area contributed by atoms with E-state index in [9.17, 15) is 0 Å². The van der Waals surface area contributed by atoms with Crippen molar-refractivity contribution in [3.05, 3.63) is 60.2 Å². The number of benzene rings is 2. The highest BCUT2D eigenvalue weighted by Gasteiger charge is 2.36. The SMILES string of the molecule is CCC1(COCc2ccc(-c3ccccc3)cc2)COC1. The van der Waals surface area contributed by atoms with E-state index in [0.717, 1.165) is 26.2 Å². The van der Waals surface area contributed by atoms with Gasteiger partial charge in [0.1, 0.15) is 0 Å². The second-order valence-electron chi connectivity index (χ2n) is 5.90. The zero-order valence-electron chi connectivity index (χ0n) is 12.5. The molecule has 0 saturated carbocycles. The van der Waals surface area contributed by atoms with Crippen molar-refractivity contribution in [3.8, 4) is 11.1 Å². The van der Waals surface area contributed by atoms with Crippen LogP contribution in [0.5, 0.6) is 0 Å². The summed E-state index contributed by atoms with van der Waals surface area (Å²) in [6.45, 7) is 5.37. The van der Waals surface area contributed by atoms with E-state index in [1.807, 2.05) is 6.07 Å². The van der Waals surface area contributed by atoms with Crippen molar-refractivity contribution in [3.63, 3.8) is 0 Å². The molecule has 0 N–H and O–H groups in total. The van der Waals surface area contributed by atoms with Gasteiger partial charge in [-0.05, 0) is 23.1 Å². The predicted molar refractivity (Wildman–Crippen MR) is 85.1 cm³/mol. The van der Waals surface area contributed by atoms with Crippen LogP contribution in [0, 0.1) is 5.41 Å². The molecule has 0 bridgehead atoms. The lowest BCUT2D eigenvalue weighted by atomic mass is 9.84. The Morgan fingerprint density at radius 2 is 1.62 bits per heavy atom. The molecule has 0 radical (unpaired) electrons. The number of ether oxygens (including phenoxy) is 2. The first-order chi connectivity index (χ1) is 10.3. The maximum atomic E-state index is 5.88. The van der Waals surface area contributed by atoms with Gasteiger partial charge < -0.3 is 9.47 Å². The van der Waals surface area contributed by atoms with Gasteiger partial charge in [0.25, 0.3) is 0 Å². The van der Waals surface area contributed by atoms with Crippen molar-refractivity contribution in [1.82, 2.24) is 0 Å². The summed E-state index contributed by atoms with van der Waals surface area (Å²) in [5.41, 5.74) is 3.99. The van der Waals surface area contributed by atoms with E-state index >= 15 is 0 Å². The van der Waals surface area contributed by atoms with Gasteiger partial charge in [0, 0.05) is 5.41 Å². The van der Waals surface area contributed by atoms with E-state index in [2.05, 4.69) is 55.5 Å². The molecule has 1 saturated heterocycles. The molecule has 0 atom stereocenters. The Bertz CT molecular complexity index is 550. The molecule has 21 heavy (non-hydrogen) atoms. The maximum absolute atomic E-state index is 5.88. The van der Waals surface area contributed by atoms with Gasteiger partial charge in [0.15, 0.2) is 0 Å². The molecule has 2 aromatic carbocycles. The van der Waals surface area contributed by atoms with Crippen LogP contribution in [0.3, 0.4) is 0 Å². The van der Waals surface area contributed by atoms with Crippen molar-refractivity contribution >= 4 is 0 Å². The normalized spacial score (nSPS) is 16.4. The lowest BCUT2D eigenvalue weighted by molar-refractivity contribution is -0.152. The Morgan fingerprint density at radius 3 is 2.19 bits per heavy atom. The second kappa shape index (κ2) is 6.42. The Morgan fingerprint density at radius 1 is 0.952 bits per heavy atom. The van der Waals surface area contributed by atoms with Crippen LogP contribution in [0.25, 0.3) is 11.1 Å². The summed E-state index contributed by atoms with van der Waals surface area (Å²) < 4.78 is 11.2. The summed E-state index contributed by atoms with van der Waals surface area (Å²) in [6, 6.07) is 19.1. The largest absolute Gasteiger partial charge is 0.380 e. The van der Waals surface area contributed by atoms with E-state index in [-0.39, 0.29) is 5.41 Å². The zero-order chi connectivity index (χ0) is 14.5. The first-order valence-corrected chi connectivity index (χ1v) is 7.61. The first kappa shape index (κ1) is 14.3.